The van der Waals surface area contributed by atoms with Gasteiger partial charge in [0.15, 0.2) is 0 Å². The largest absolute Gasteiger partial charge is 0.389 e. The second-order valence-electron chi connectivity index (χ2n) is 5.29. The summed E-state index contributed by atoms with van der Waals surface area (Å²) in [6.07, 6.45) is 1.54. The highest BCUT2D eigenvalue weighted by atomic mass is 16.6. The summed E-state index contributed by atoms with van der Waals surface area (Å²) in [5.41, 5.74) is 0.737. The molecule has 12 nitrogen and oxygen atoms in total. The van der Waals surface area contributed by atoms with Crippen LogP contribution in [-0.2, 0) is 17.9 Å². The molecule has 0 saturated carbocycles. The van der Waals surface area contributed by atoms with E-state index in [4.69, 9.17) is 0 Å². The van der Waals surface area contributed by atoms with Crippen LogP contribution >= 0.6 is 0 Å². The minimum atomic E-state index is -0.607. The lowest BCUT2D eigenvalue weighted by Crippen LogP contribution is -2.28. The van der Waals surface area contributed by atoms with E-state index in [0.29, 0.717) is 17.9 Å². The molecule has 0 fully saturated rings. The molecule has 0 aliphatic rings. The smallest absolute Gasteiger partial charge is 0.358 e. The van der Waals surface area contributed by atoms with Crippen LogP contribution in [0, 0.1) is 34.1 Å². The summed E-state index contributed by atoms with van der Waals surface area (Å²) in [5.74, 6) is -0.527. The minimum Gasteiger partial charge on any atom is -0.358 e. The van der Waals surface area contributed by atoms with Crippen LogP contribution in [-0.4, -0.2) is 41.9 Å². The molecule has 0 aromatic carbocycles. The van der Waals surface area contributed by atoms with Crippen molar-refractivity contribution in [2.24, 2.45) is 0 Å². The van der Waals surface area contributed by atoms with Gasteiger partial charge in [-0.25, -0.2) is 0 Å². The molecular weight excluding hydrogens is 334 g/mol. The highest BCUT2D eigenvalue weighted by Crippen LogP contribution is 2.21. The molecule has 12 heteroatoms. The van der Waals surface area contributed by atoms with E-state index in [0.717, 1.165) is 0 Å². The van der Waals surface area contributed by atoms with Crippen LogP contribution in [0.2, 0.25) is 0 Å². The lowest BCUT2D eigenvalue weighted by Gasteiger charge is -2.06. The van der Waals surface area contributed by atoms with E-state index in [1.165, 1.54) is 21.6 Å². The first kappa shape index (κ1) is 18.0. The van der Waals surface area contributed by atoms with Crippen molar-refractivity contribution in [1.82, 2.24) is 24.9 Å². The summed E-state index contributed by atoms with van der Waals surface area (Å²) in [7, 11) is 0. The molecule has 0 bridgehead atoms. The Bertz CT molecular complexity index is 810. The van der Waals surface area contributed by atoms with Crippen molar-refractivity contribution in [3.05, 3.63) is 43.9 Å². The fourth-order valence-electron chi connectivity index (χ4n) is 2.35. The molecule has 134 valence electrons. The topological polar surface area (TPSA) is 151 Å². The SMILES string of the molecule is Cc1nn(CCNC(=O)CCn2ccc([N+](=O)[O-])n2)c(C)c1[N+](=O)[O-]. The molecule has 0 spiro atoms. The maximum atomic E-state index is 11.8. The number of carbonyl (C=O) groups is 1. The second-order valence-corrected chi connectivity index (χ2v) is 5.29. The Morgan fingerprint density at radius 1 is 1.20 bits per heavy atom. The van der Waals surface area contributed by atoms with Crippen LogP contribution in [0.25, 0.3) is 0 Å². The van der Waals surface area contributed by atoms with E-state index in [1.807, 2.05) is 0 Å². The molecule has 0 atom stereocenters. The molecule has 0 aliphatic carbocycles. The van der Waals surface area contributed by atoms with E-state index in [1.54, 1.807) is 13.8 Å². The van der Waals surface area contributed by atoms with Crippen molar-refractivity contribution in [3.63, 3.8) is 0 Å². The molecular formula is C13H17N7O5. The van der Waals surface area contributed by atoms with Gasteiger partial charge in [0.05, 0.1) is 35.4 Å². The maximum absolute atomic E-state index is 11.8. The number of amides is 1. The average molecular weight is 351 g/mol. The van der Waals surface area contributed by atoms with Crippen LogP contribution in [0.4, 0.5) is 11.5 Å². The third-order valence-corrected chi connectivity index (χ3v) is 3.55. The highest BCUT2D eigenvalue weighted by molar-refractivity contribution is 5.75. The number of hydrogen-bond donors (Lipinski definition) is 1. The number of hydrogen-bond acceptors (Lipinski definition) is 7. The number of aryl methyl sites for hydroxylation is 2. The van der Waals surface area contributed by atoms with Gasteiger partial charge in [-0.05, 0) is 18.8 Å². The monoisotopic (exact) mass is 351 g/mol. The summed E-state index contributed by atoms with van der Waals surface area (Å²) in [6.45, 7) is 3.94. The number of nitrogens with one attached hydrogen (secondary N) is 1. The van der Waals surface area contributed by atoms with E-state index in [2.05, 4.69) is 15.5 Å². The second kappa shape index (κ2) is 7.51. The van der Waals surface area contributed by atoms with Crippen molar-refractivity contribution in [3.8, 4) is 0 Å². The van der Waals surface area contributed by atoms with Crippen molar-refractivity contribution in [1.29, 1.82) is 0 Å². The predicted octanol–water partition coefficient (Wildman–Crippen LogP) is 0.719. The lowest BCUT2D eigenvalue weighted by atomic mass is 10.3. The van der Waals surface area contributed by atoms with E-state index < -0.39 is 9.85 Å². The van der Waals surface area contributed by atoms with Gasteiger partial charge in [-0.3, -0.25) is 19.6 Å². The summed E-state index contributed by atoms with van der Waals surface area (Å²) < 4.78 is 2.80. The molecule has 2 aromatic heterocycles. The first-order valence-electron chi connectivity index (χ1n) is 7.42. The van der Waals surface area contributed by atoms with Gasteiger partial charge in [-0.1, -0.05) is 0 Å². The zero-order chi connectivity index (χ0) is 18.6. The van der Waals surface area contributed by atoms with Gasteiger partial charge in [-0.15, -0.1) is 0 Å². The van der Waals surface area contributed by atoms with E-state index >= 15 is 0 Å². The van der Waals surface area contributed by atoms with Gasteiger partial charge in [0.2, 0.25) is 5.91 Å². The van der Waals surface area contributed by atoms with Crippen LogP contribution in [0.1, 0.15) is 17.8 Å². The fraction of sp³-hybridized carbons (Fsp3) is 0.462. The quantitative estimate of drug-likeness (QED) is 0.543. The Balaban J connectivity index is 1.79. The van der Waals surface area contributed by atoms with E-state index in [-0.39, 0.29) is 36.9 Å². The Morgan fingerprint density at radius 2 is 1.92 bits per heavy atom. The van der Waals surface area contributed by atoms with E-state index in [9.17, 15) is 25.0 Å². The van der Waals surface area contributed by atoms with Crippen molar-refractivity contribution in [2.45, 2.75) is 33.4 Å². The summed E-state index contributed by atoms with van der Waals surface area (Å²) in [5, 5.41) is 31.9. The lowest BCUT2D eigenvalue weighted by molar-refractivity contribution is -0.389. The van der Waals surface area contributed by atoms with Crippen molar-refractivity contribution >= 4 is 17.4 Å². The molecule has 0 unspecified atom stereocenters. The average Bonchev–Trinajstić information content (AvgIpc) is 3.10. The standard InChI is InChI=1S/C13H17N7O5/c1-9-13(20(24)25)10(2)18(15-9)8-5-14-12(21)4-7-17-6-3-11(16-17)19(22)23/h3,6H,4-5,7-8H2,1-2H3,(H,14,21). The predicted molar refractivity (Wildman–Crippen MR) is 84.9 cm³/mol. The van der Waals surface area contributed by atoms with Gasteiger partial charge in [0.1, 0.15) is 11.4 Å². The summed E-state index contributed by atoms with van der Waals surface area (Å²) >= 11 is 0. The molecule has 2 rings (SSSR count). The summed E-state index contributed by atoms with van der Waals surface area (Å²) in [6, 6.07) is 1.26. The first-order chi connectivity index (χ1) is 11.8. The molecule has 0 saturated heterocycles. The third kappa shape index (κ3) is 4.37. The number of carbonyl (C=O) groups excluding carboxylic acids is 1. The van der Waals surface area contributed by atoms with Gasteiger partial charge in [0, 0.05) is 13.0 Å². The zero-order valence-electron chi connectivity index (χ0n) is 13.7. The zero-order valence-corrected chi connectivity index (χ0v) is 13.7. The molecule has 2 aromatic rings. The molecule has 1 N–H and O–H groups in total. The first-order valence-corrected chi connectivity index (χ1v) is 7.42. The van der Waals surface area contributed by atoms with Crippen LogP contribution < -0.4 is 5.32 Å². The van der Waals surface area contributed by atoms with Gasteiger partial charge in [-0.2, -0.15) is 9.78 Å². The van der Waals surface area contributed by atoms with Gasteiger partial charge < -0.3 is 15.4 Å². The third-order valence-electron chi connectivity index (χ3n) is 3.55. The number of nitrogens with zero attached hydrogens (tertiary/aromatic N) is 6. The maximum Gasteiger partial charge on any atom is 0.389 e. The van der Waals surface area contributed by atoms with Crippen LogP contribution in [0.15, 0.2) is 12.3 Å². The molecule has 25 heavy (non-hydrogen) atoms. The van der Waals surface area contributed by atoms with Crippen LogP contribution in [0.5, 0.6) is 0 Å². The normalized spacial score (nSPS) is 10.6. The van der Waals surface area contributed by atoms with Gasteiger partial charge in [0.25, 0.3) is 0 Å². The Kier molecular flexibility index (Phi) is 5.41. The highest BCUT2D eigenvalue weighted by Gasteiger charge is 2.21. The minimum absolute atomic E-state index is 0.0217. The number of aromatic nitrogens is 4. The fourth-order valence-corrected chi connectivity index (χ4v) is 2.35. The van der Waals surface area contributed by atoms with Crippen molar-refractivity contribution in [2.75, 3.05) is 6.54 Å². The Hall–Kier alpha value is -3.31. The molecule has 1 amide bonds. The molecule has 0 aliphatic heterocycles. The van der Waals surface area contributed by atoms with Crippen molar-refractivity contribution < 1.29 is 14.6 Å². The summed E-state index contributed by atoms with van der Waals surface area (Å²) in [4.78, 5) is 32.2. The molecule has 2 heterocycles. The molecule has 0 radical (unpaired) electrons. The number of nitro groups is 2. The Morgan fingerprint density at radius 3 is 2.48 bits per heavy atom. The van der Waals surface area contributed by atoms with Crippen LogP contribution in [0.3, 0.4) is 0 Å². The Labute approximate surface area is 141 Å². The van der Waals surface area contributed by atoms with Gasteiger partial charge >= 0.3 is 11.5 Å². The number of rotatable bonds is 8.